The van der Waals surface area contributed by atoms with Gasteiger partial charge < -0.3 is 19.5 Å². The zero-order chi connectivity index (χ0) is 13.9. The highest BCUT2D eigenvalue weighted by Crippen LogP contribution is 2.39. The molecule has 1 fully saturated rings. The zero-order valence-corrected chi connectivity index (χ0v) is 11.0. The first kappa shape index (κ1) is 13.6. The molecular formula is C14H17F2NO3. The van der Waals surface area contributed by atoms with E-state index < -0.39 is 6.43 Å². The van der Waals surface area contributed by atoms with Crippen LogP contribution in [0.3, 0.4) is 0 Å². The number of benzene rings is 1. The first-order chi connectivity index (χ1) is 9.75. The summed E-state index contributed by atoms with van der Waals surface area (Å²) in [4.78, 5) is 0. The lowest BCUT2D eigenvalue weighted by molar-refractivity contribution is 0.0244. The molecule has 0 aliphatic carbocycles. The molecule has 1 unspecified atom stereocenters. The first-order valence-corrected chi connectivity index (χ1v) is 6.79. The molecule has 4 nitrogen and oxygen atoms in total. The van der Waals surface area contributed by atoms with Gasteiger partial charge in [-0.3, -0.25) is 0 Å². The van der Waals surface area contributed by atoms with Gasteiger partial charge in [0.2, 0.25) is 0 Å². The maximum atomic E-state index is 13.3. The van der Waals surface area contributed by atoms with Crippen LogP contribution < -0.4 is 14.8 Å². The lowest BCUT2D eigenvalue weighted by Gasteiger charge is -2.26. The third kappa shape index (κ3) is 2.71. The highest BCUT2D eigenvalue weighted by atomic mass is 19.3. The number of hydrogen-bond donors (Lipinski definition) is 1. The van der Waals surface area contributed by atoms with E-state index in [2.05, 4.69) is 5.32 Å². The number of ether oxygens (including phenoxy) is 3. The van der Waals surface area contributed by atoms with Gasteiger partial charge in [0, 0.05) is 25.1 Å². The summed E-state index contributed by atoms with van der Waals surface area (Å²) >= 11 is 0. The largest absolute Gasteiger partial charge is 0.490 e. The Morgan fingerprint density at radius 1 is 1.10 bits per heavy atom. The maximum Gasteiger partial charge on any atom is 0.264 e. The molecule has 2 aliphatic heterocycles. The first-order valence-electron chi connectivity index (χ1n) is 6.79. The number of fused-ring (bicyclic) bond motifs is 1. The quantitative estimate of drug-likeness (QED) is 0.906. The van der Waals surface area contributed by atoms with E-state index in [1.165, 1.54) is 6.07 Å². The van der Waals surface area contributed by atoms with Gasteiger partial charge in [0.05, 0.1) is 25.9 Å². The van der Waals surface area contributed by atoms with Crippen LogP contribution in [-0.4, -0.2) is 32.9 Å². The number of nitrogens with one attached hydrogen (secondary N) is 1. The Bertz CT molecular complexity index is 476. The van der Waals surface area contributed by atoms with E-state index >= 15 is 0 Å². The van der Waals surface area contributed by atoms with Crippen molar-refractivity contribution >= 4 is 0 Å². The molecular weight excluding hydrogens is 268 g/mol. The standard InChI is InChI=1S/C14H17F2NO3/c15-14(16)10-7-12-11(18-3-1-4-19-12)6-9(10)13-8-17-2-5-20-13/h6-7,13-14,17H,1-5,8H2. The van der Waals surface area contributed by atoms with Crippen molar-refractivity contribution in [1.29, 1.82) is 0 Å². The Morgan fingerprint density at radius 2 is 1.85 bits per heavy atom. The molecule has 0 saturated carbocycles. The summed E-state index contributed by atoms with van der Waals surface area (Å²) in [6.07, 6.45) is -2.19. The molecule has 6 heteroatoms. The molecule has 1 N–H and O–H groups in total. The molecule has 0 amide bonds. The summed E-state index contributed by atoms with van der Waals surface area (Å²) in [5, 5.41) is 3.15. The Hall–Kier alpha value is -1.40. The highest BCUT2D eigenvalue weighted by molar-refractivity contribution is 5.49. The van der Waals surface area contributed by atoms with E-state index in [0.717, 1.165) is 13.0 Å². The van der Waals surface area contributed by atoms with E-state index in [0.29, 0.717) is 43.4 Å². The molecule has 0 spiro atoms. The summed E-state index contributed by atoms with van der Waals surface area (Å²) < 4.78 is 43.2. The van der Waals surface area contributed by atoms with Crippen molar-refractivity contribution in [2.45, 2.75) is 19.0 Å². The molecule has 0 aromatic heterocycles. The summed E-state index contributed by atoms with van der Waals surface area (Å²) in [5.41, 5.74) is 0.444. The van der Waals surface area contributed by atoms with Gasteiger partial charge in [0.15, 0.2) is 11.5 Å². The van der Waals surface area contributed by atoms with Gasteiger partial charge in [-0.25, -0.2) is 8.78 Å². The van der Waals surface area contributed by atoms with Crippen LogP contribution in [0.25, 0.3) is 0 Å². The third-order valence-electron chi connectivity index (χ3n) is 3.46. The molecule has 0 bridgehead atoms. The summed E-state index contributed by atoms with van der Waals surface area (Å²) in [6, 6.07) is 3.03. The monoisotopic (exact) mass is 285 g/mol. The normalized spacial score (nSPS) is 22.6. The molecule has 1 atom stereocenters. The van der Waals surface area contributed by atoms with E-state index in [1.807, 2.05) is 0 Å². The minimum atomic E-state index is -2.56. The fourth-order valence-electron chi connectivity index (χ4n) is 2.47. The van der Waals surface area contributed by atoms with Crippen LogP contribution in [-0.2, 0) is 4.74 Å². The summed E-state index contributed by atoms with van der Waals surface area (Å²) in [5.74, 6) is 0.918. The Kier molecular flexibility index (Phi) is 4.03. The SMILES string of the molecule is FC(F)c1cc2c(cc1C1CNCCO1)OCCCO2. The van der Waals surface area contributed by atoms with Gasteiger partial charge in [0.1, 0.15) is 0 Å². The van der Waals surface area contributed by atoms with Crippen molar-refractivity contribution in [3.05, 3.63) is 23.3 Å². The van der Waals surface area contributed by atoms with Crippen LogP contribution in [0.4, 0.5) is 8.78 Å². The fourth-order valence-corrected chi connectivity index (χ4v) is 2.47. The number of alkyl halides is 2. The minimum Gasteiger partial charge on any atom is -0.490 e. The van der Waals surface area contributed by atoms with Crippen molar-refractivity contribution in [2.75, 3.05) is 32.9 Å². The van der Waals surface area contributed by atoms with Gasteiger partial charge in [-0.1, -0.05) is 0 Å². The van der Waals surface area contributed by atoms with Crippen LogP contribution in [0.2, 0.25) is 0 Å². The third-order valence-corrected chi connectivity index (χ3v) is 3.46. The van der Waals surface area contributed by atoms with Crippen molar-refractivity contribution in [1.82, 2.24) is 5.32 Å². The summed E-state index contributed by atoms with van der Waals surface area (Å²) in [7, 11) is 0. The van der Waals surface area contributed by atoms with E-state index in [1.54, 1.807) is 6.07 Å². The van der Waals surface area contributed by atoms with Crippen LogP contribution in [0.15, 0.2) is 12.1 Å². The van der Waals surface area contributed by atoms with Gasteiger partial charge in [0.25, 0.3) is 6.43 Å². The van der Waals surface area contributed by atoms with Gasteiger partial charge in [-0.15, -0.1) is 0 Å². The van der Waals surface area contributed by atoms with Gasteiger partial charge in [-0.2, -0.15) is 0 Å². The summed E-state index contributed by atoms with van der Waals surface area (Å²) in [6.45, 7) is 2.80. The second kappa shape index (κ2) is 5.93. The van der Waals surface area contributed by atoms with Gasteiger partial charge >= 0.3 is 0 Å². The molecule has 1 aromatic carbocycles. The lowest BCUT2D eigenvalue weighted by atomic mass is 10.0. The van der Waals surface area contributed by atoms with Crippen molar-refractivity contribution < 1.29 is 23.0 Å². The molecule has 0 radical (unpaired) electrons. The number of rotatable bonds is 2. The van der Waals surface area contributed by atoms with Crippen LogP contribution in [0, 0.1) is 0 Å². The van der Waals surface area contributed by atoms with Crippen molar-refractivity contribution in [3.8, 4) is 11.5 Å². The number of halogens is 2. The molecule has 1 saturated heterocycles. The van der Waals surface area contributed by atoms with Crippen LogP contribution in [0.5, 0.6) is 11.5 Å². The average Bonchev–Trinajstić information content (AvgIpc) is 2.71. The Morgan fingerprint density at radius 3 is 2.50 bits per heavy atom. The average molecular weight is 285 g/mol. The number of hydrogen-bond acceptors (Lipinski definition) is 4. The predicted octanol–water partition coefficient (Wildman–Crippen LogP) is 2.45. The molecule has 3 rings (SSSR count). The maximum absolute atomic E-state index is 13.3. The zero-order valence-electron chi connectivity index (χ0n) is 11.0. The minimum absolute atomic E-state index is 0.0389. The van der Waals surface area contributed by atoms with Crippen molar-refractivity contribution in [3.63, 3.8) is 0 Å². The van der Waals surface area contributed by atoms with Crippen molar-refractivity contribution in [2.24, 2.45) is 0 Å². The van der Waals surface area contributed by atoms with E-state index in [9.17, 15) is 8.78 Å². The van der Waals surface area contributed by atoms with Gasteiger partial charge in [-0.05, 0) is 17.7 Å². The van der Waals surface area contributed by atoms with E-state index in [4.69, 9.17) is 14.2 Å². The lowest BCUT2D eigenvalue weighted by Crippen LogP contribution is -2.33. The second-order valence-corrected chi connectivity index (χ2v) is 4.84. The molecule has 1 aromatic rings. The molecule has 110 valence electrons. The molecule has 2 heterocycles. The van der Waals surface area contributed by atoms with E-state index in [-0.39, 0.29) is 11.7 Å². The predicted molar refractivity (Wildman–Crippen MR) is 68.6 cm³/mol. The highest BCUT2D eigenvalue weighted by Gasteiger charge is 2.26. The van der Waals surface area contributed by atoms with Crippen LogP contribution >= 0.6 is 0 Å². The fraction of sp³-hybridized carbons (Fsp3) is 0.571. The number of morpholine rings is 1. The van der Waals surface area contributed by atoms with Crippen LogP contribution in [0.1, 0.15) is 30.1 Å². The Labute approximate surface area is 116 Å². The molecule has 20 heavy (non-hydrogen) atoms. The topological polar surface area (TPSA) is 39.7 Å². The Balaban J connectivity index is 1.99. The second-order valence-electron chi connectivity index (χ2n) is 4.84. The smallest absolute Gasteiger partial charge is 0.264 e. The molecule has 2 aliphatic rings.